The summed E-state index contributed by atoms with van der Waals surface area (Å²) in [6, 6.07) is 6.18. The Morgan fingerprint density at radius 3 is 2.58 bits per heavy atom. The van der Waals surface area contributed by atoms with E-state index >= 15 is 0 Å². The summed E-state index contributed by atoms with van der Waals surface area (Å²) in [5.74, 6) is -3.20. The predicted molar refractivity (Wildman–Crippen MR) is 71.0 cm³/mol. The minimum Gasteiger partial charge on any atom is -0.480 e. The zero-order valence-corrected chi connectivity index (χ0v) is 11.5. The van der Waals surface area contributed by atoms with Crippen LogP contribution in [-0.4, -0.2) is 36.4 Å². The second-order valence-corrected chi connectivity index (χ2v) is 6.60. The molecule has 104 valence electrons. The molecule has 1 amide bonds. The number of benzene rings is 1. The number of hydrogen-bond acceptors (Lipinski definition) is 4. The molecule has 0 fully saturated rings. The quantitative estimate of drug-likeness (QED) is 0.850. The van der Waals surface area contributed by atoms with Crippen LogP contribution in [-0.2, 0) is 19.4 Å². The fourth-order valence-corrected chi connectivity index (χ4v) is 2.41. The van der Waals surface area contributed by atoms with Crippen molar-refractivity contribution in [3.05, 3.63) is 29.3 Å². The number of amides is 1. The number of hydrogen-bond donors (Lipinski definition) is 2. The number of carbonyl (C=O) groups is 2. The van der Waals surface area contributed by atoms with Gasteiger partial charge in [-0.25, -0.2) is 8.42 Å². The third kappa shape index (κ3) is 4.53. The molecule has 0 heterocycles. The molecule has 1 aromatic carbocycles. The van der Waals surface area contributed by atoms with E-state index in [-0.39, 0.29) is 0 Å². The molecule has 0 aromatic heterocycles. The molecule has 19 heavy (non-hydrogen) atoms. The number of halogens is 1. The van der Waals surface area contributed by atoms with Gasteiger partial charge in [0.2, 0.25) is 5.91 Å². The van der Waals surface area contributed by atoms with Crippen LogP contribution in [0.4, 0.5) is 5.69 Å². The Hall–Kier alpha value is -1.60. The number of carbonyl (C=O) groups excluding carboxylic acids is 1. The lowest BCUT2D eigenvalue weighted by Gasteiger charge is -2.09. The summed E-state index contributed by atoms with van der Waals surface area (Å²) in [5.41, 5.74) is 0.343. The van der Waals surface area contributed by atoms with E-state index in [1.807, 2.05) is 0 Å². The van der Waals surface area contributed by atoms with E-state index < -0.39 is 32.7 Å². The molecule has 1 unspecified atom stereocenters. The fraction of sp³-hybridized carbons (Fsp3) is 0.273. The first-order valence-electron chi connectivity index (χ1n) is 5.22. The largest absolute Gasteiger partial charge is 0.480 e. The molecular formula is C11H12ClNO5S. The van der Waals surface area contributed by atoms with Crippen LogP contribution < -0.4 is 5.32 Å². The van der Waals surface area contributed by atoms with E-state index in [4.69, 9.17) is 16.7 Å². The Balaban J connectivity index is 2.73. The molecule has 0 bridgehead atoms. The first-order valence-corrected chi connectivity index (χ1v) is 7.31. The fourth-order valence-electron chi connectivity index (χ4n) is 1.22. The van der Waals surface area contributed by atoms with Crippen LogP contribution in [0, 0.1) is 0 Å². The Labute approximate surface area is 115 Å². The maximum atomic E-state index is 11.6. The molecule has 0 aliphatic heterocycles. The van der Waals surface area contributed by atoms with Gasteiger partial charge in [-0.1, -0.05) is 17.7 Å². The van der Waals surface area contributed by atoms with Crippen LogP contribution in [0.3, 0.4) is 0 Å². The predicted octanol–water partition coefficient (Wildman–Crippen LogP) is 1.17. The molecule has 1 rings (SSSR count). The lowest BCUT2D eigenvalue weighted by molar-refractivity contribution is -0.136. The number of carboxylic acid groups (broad SMARTS) is 1. The summed E-state index contributed by atoms with van der Waals surface area (Å²) in [4.78, 5) is 22.1. The molecule has 2 N–H and O–H groups in total. The number of rotatable bonds is 5. The summed E-state index contributed by atoms with van der Waals surface area (Å²) in [5, 5.41) is 9.73. The van der Waals surface area contributed by atoms with E-state index in [9.17, 15) is 18.0 Å². The lowest BCUT2D eigenvalue weighted by Crippen LogP contribution is -2.34. The average Bonchev–Trinajstić information content (AvgIpc) is 2.26. The summed E-state index contributed by atoms with van der Waals surface area (Å²) in [6.45, 7) is 1.02. The standard InChI is InChI=1S/C11H12ClNO5S/c1-7(11(15)16)19(17,18)6-10(14)13-9-4-2-3-8(12)5-9/h2-5,7H,6H2,1H3,(H,13,14)(H,15,16). The van der Waals surface area contributed by atoms with Crippen molar-refractivity contribution in [2.24, 2.45) is 0 Å². The number of aliphatic carboxylic acids is 1. The molecule has 0 spiro atoms. The highest BCUT2D eigenvalue weighted by Gasteiger charge is 2.29. The van der Waals surface area contributed by atoms with Gasteiger partial charge in [-0.2, -0.15) is 0 Å². The molecule has 8 heteroatoms. The SMILES string of the molecule is CC(C(=O)O)S(=O)(=O)CC(=O)Nc1cccc(Cl)c1. The molecule has 6 nitrogen and oxygen atoms in total. The normalized spacial score (nSPS) is 12.7. The van der Waals surface area contributed by atoms with E-state index in [1.165, 1.54) is 12.1 Å². The van der Waals surface area contributed by atoms with Crippen molar-refractivity contribution in [2.75, 3.05) is 11.1 Å². The van der Waals surface area contributed by atoms with Gasteiger partial charge in [-0.15, -0.1) is 0 Å². The number of sulfone groups is 1. The number of carboxylic acids is 1. The van der Waals surface area contributed by atoms with Gasteiger partial charge in [0.1, 0.15) is 5.75 Å². The molecule has 1 atom stereocenters. The minimum absolute atomic E-state index is 0.343. The smallest absolute Gasteiger partial charge is 0.321 e. The summed E-state index contributed by atoms with van der Waals surface area (Å²) < 4.78 is 23.1. The van der Waals surface area contributed by atoms with Gasteiger partial charge < -0.3 is 10.4 Å². The third-order valence-electron chi connectivity index (χ3n) is 2.33. The molecule has 0 saturated heterocycles. The summed E-state index contributed by atoms with van der Waals surface area (Å²) in [7, 11) is -4.03. The van der Waals surface area contributed by atoms with Crippen LogP contribution in [0.25, 0.3) is 0 Å². The maximum absolute atomic E-state index is 11.6. The van der Waals surface area contributed by atoms with E-state index in [1.54, 1.807) is 12.1 Å². The van der Waals surface area contributed by atoms with E-state index in [2.05, 4.69) is 5.32 Å². The Morgan fingerprint density at radius 1 is 1.42 bits per heavy atom. The van der Waals surface area contributed by atoms with Crippen LogP contribution in [0.15, 0.2) is 24.3 Å². The molecule has 0 aliphatic carbocycles. The Morgan fingerprint density at radius 2 is 2.05 bits per heavy atom. The van der Waals surface area contributed by atoms with E-state index in [0.717, 1.165) is 6.92 Å². The second kappa shape index (κ2) is 6.03. The minimum atomic E-state index is -4.03. The van der Waals surface area contributed by atoms with Crippen LogP contribution in [0.1, 0.15) is 6.92 Å². The molecule has 0 radical (unpaired) electrons. The highest BCUT2D eigenvalue weighted by molar-refractivity contribution is 7.93. The van der Waals surface area contributed by atoms with Gasteiger partial charge in [0.15, 0.2) is 15.1 Å². The number of nitrogens with one attached hydrogen (secondary N) is 1. The van der Waals surface area contributed by atoms with Gasteiger partial charge in [-0.05, 0) is 25.1 Å². The lowest BCUT2D eigenvalue weighted by atomic mass is 10.3. The van der Waals surface area contributed by atoms with Crippen molar-refractivity contribution in [3.63, 3.8) is 0 Å². The summed E-state index contributed by atoms with van der Waals surface area (Å²) in [6.07, 6.45) is 0. The van der Waals surface area contributed by atoms with Gasteiger partial charge in [0.05, 0.1) is 0 Å². The van der Waals surface area contributed by atoms with Crippen molar-refractivity contribution >= 4 is 39.0 Å². The maximum Gasteiger partial charge on any atom is 0.321 e. The molecule has 1 aromatic rings. The van der Waals surface area contributed by atoms with Crippen molar-refractivity contribution in [1.29, 1.82) is 0 Å². The van der Waals surface area contributed by atoms with Gasteiger partial charge in [0, 0.05) is 10.7 Å². The zero-order valence-electron chi connectivity index (χ0n) is 9.96. The molecule has 0 aliphatic rings. The van der Waals surface area contributed by atoms with Gasteiger partial charge in [0.25, 0.3) is 0 Å². The molecular weight excluding hydrogens is 294 g/mol. The highest BCUT2D eigenvalue weighted by Crippen LogP contribution is 2.15. The van der Waals surface area contributed by atoms with Gasteiger partial charge in [-0.3, -0.25) is 9.59 Å². The Bertz CT molecular complexity index is 599. The monoisotopic (exact) mass is 305 g/mol. The third-order valence-corrected chi connectivity index (χ3v) is 4.51. The number of anilines is 1. The average molecular weight is 306 g/mol. The second-order valence-electron chi connectivity index (χ2n) is 3.85. The zero-order chi connectivity index (χ0) is 14.6. The highest BCUT2D eigenvalue weighted by atomic mass is 35.5. The topological polar surface area (TPSA) is 101 Å². The van der Waals surface area contributed by atoms with Crippen molar-refractivity contribution in [1.82, 2.24) is 0 Å². The first-order chi connectivity index (χ1) is 8.72. The first kappa shape index (κ1) is 15.5. The van der Waals surface area contributed by atoms with Crippen LogP contribution in [0.5, 0.6) is 0 Å². The van der Waals surface area contributed by atoms with Crippen molar-refractivity contribution < 1.29 is 23.1 Å². The van der Waals surface area contributed by atoms with Crippen LogP contribution in [0.2, 0.25) is 5.02 Å². The van der Waals surface area contributed by atoms with Crippen molar-refractivity contribution in [2.45, 2.75) is 12.2 Å². The van der Waals surface area contributed by atoms with Crippen molar-refractivity contribution in [3.8, 4) is 0 Å². The molecule has 0 saturated carbocycles. The summed E-state index contributed by atoms with van der Waals surface area (Å²) >= 11 is 5.71. The van der Waals surface area contributed by atoms with Gasteiger partial charge >= 0.3 is 5.97 Å². The van der Waals surface area contributed by atoms with Crippen LogP contribution >= 0.6 is 11.6 Å². The Kier molecular flexibility index (Phi) is 4.90. The van der Waals surface area contributed by atoms with E-state index in [0.29, 0.717) is 10.7 Å².